The molecule has 0 aliphatic heterocycles. The second kappa shape index (κ2) is 7.32. The number of halogens is 1. The minimum atomic E-state index is -0.457. The lowest BCUT2D eigenvalue weighted by Gasteiger charge is -2.07. The summed E-state index contributed by atoms with van der Waals surface area (Å²) < 4.78 is 15.5. The third-order valence-corrected chi connectivity index (χ3v) is 4.88. The molecule has 6 nitrogen and oxygen atoms in total. The van der Waals surface area contributed by atoms with Gasteiger partial charge in [0, 0.05) is 11.6 Å². The highest BCUT2D eigenvalue weighted by molar-refractivity contribution is 7.14. The van der Waals surface area contributed by atoms with E-state index in [1.807, 2.05) is 24.4 Å². The number of amides is 1. The van der Waals surface area contributed by atoms with Crippen LogP contribution in [0.2, 0.25) is 0 Å². The summed E-state index contributed by atoms with van der Waals surface area (Å²) in [5, 5.41) is 9.30. The van der Waals surface area contributed by atoms with Crippen molar-refractivity contribution in [2.75, 3.05) is 5.32 Å². The fourth-order valence-electron chi connectivity index (χ4n) is 2.82. The van der Waals surface area contributed by atoms with E-state index < -0.39 is 11.7 Å². The number of pyridine rings is 1. The fraction of sp³-hybridized carbons (Fsp3) is 0.100. The van der Waals surface area contributed by atoms with Crippen molar-refractivity contribution in [1.82, 2.24) is 19.7 Å². The van der Waals surface area contributed by atoms with Gasteiger partial charge in [-0.2, -0.15) is 5.10 Å². The van der Waals surface area contributed by atoms with Crippen LogP contribution in [-0.4, -0.2) is 25.7 Å². The smallest absolute Gasteiger partial charge is 0.276 e. The molecule has 4 rings (SSSR count). The van der Waals surface area contributed by atoms with E-state index >= 15 is 0 Å². The lowest BCUT2D eigenvalue weighted by molar-refractivity contribution is 0.101. The highest BCUT2D eigenvalue weighted by atomic mass is 32.1. The summed E-state index contributed by atoms with van der Waals surface area (Å²) in [6, 6.07) is 11.6. The first-order valence-corrected chi connectivity index (χ1v) is 9.41. The van der Waals surface area contributed by atoms with Gasteiger partial charge in [0.2, 0.25) is 0 Å². The molecule has 140 valence electrons. The molecule has 1 N–H and O–H groups in total. The predicted octanol–water partition coefficient (Wildman–Crippen LogP) is 4.40. The van der Waals surface area contributed by atoms with Crippen molar-refractivity contribution < 1.29 is 9.18 Å². The summed E-state index contributed by atoms with van der Waals surface area (Å²) >= 11 is 1.30. The number of aryl methyl sites for hydroxylation is 2. The number of nitrogens with one attached hydrogen (secondary N) is 1. The van der Waals surface area contributed by atoms with Gasteiger partial charge in [0.05, 0.1) is 11.4 Å². The summed E-state index contributed by atoms with van der Waals surface area (Å²) in [5.41, 5.74) is 3.51. The number of para-hydroxylation sites is 1. The van der Waals surface area contributed by atoms with Crippen LogP contribution in [0, 0.1) is 19.7 Å². The second-order valence-electron chi connectivity index (χ2n) is 6.20. The van der Waals surface area contributed by atoms with E-state index in [1.54, 1.807) is 37.4 Å². The van der Waals surface area contributed by atoms with Crippen LogP contribution in [0.4, 0.5) is 9.52 Å². The molecule has 0 unspecified atom stereocenters. The normalized spacial score (nSPS) is 10.8. The van der Waals surface area contributed by atoms with Gasteiger partial charge < -0.3 is 0 Å². The molecule has 1 amide bonds. The van der Waals surface area contributed by atoms with Crippen LogP contribution in [0.1, 0.15) is 21.7 Å². The highest BCUT2D eigenvalue weighted by Crippen LogP contribution is 2.26. The molecule has 0 fully saturated rings. The monoisotopic (exact) mass is 393 g/mol. The number of nitrogens with zero attached hydrogens (tertiary/aromatic N) is 4. The Balaban J connectivity index is 1.62. The van der Waals surface area contributed by atoms with Crippen LogP contribution in [-0.2, 0) is 0 Å². The van der Waals surface area contributed by atoms with Gasteiger partial charge in [-0.3, -0.25) is 15.1 Å². The van der Waals surface area contributed by atoms with E-state index in [1.165, 1.54) is 22.1 Å². The van der Waals surface area contributed by atoms with E-state index in [9.17, 15) is 9.18 Å². The van der Waals surface area contributed by atoms with E-state index in [4.69, 9.17) is 0 Å². The number of hydrogen-bond donors (Lipinski definition) is 1. The van der Waals surface area contributed by atoms with E-state index in [-0.39, 0.29) is 11.4 Å². The van der Waals surface area contributed by atoms with Gasteiger partial charge in [-0.1, -0.05) is 18.2 Å². The van der Waals surface area contributed by atoms with Crippen LogP contribution in [0.3, 0.4) is 0 Å². The maximum absolute atomic E-state index is 14.2. The van der Waals surface area contributed by atoms with Crippen LogP contribution in [0.15, 0.2) is 54.0 Å². The van der Waals surface area contributed by atoms with E-state index in [2.05, 4.69) is 20.4 Å². The summed E-state index contributed by atoms with van der Waals surface area (Å²) in [7, 11) is 0. The largest absolute Gasteiger partial charge is 0.296 e. The van der Waals surface area contributed by atoms with E-state index in [0.29, 0.717) is 16.5 Å². The Morgan fingerprint density at radius 3 is 2.79 bits per heavy atom. The number of rotatable bonds is 4. The molecule has 3 aromatic heterocycles. The van der Waals surface area contributed by atoms with Gasteiger partial charge in [-0.05, 0) is 43.7 Å². The van der Waals surface area contributed by atoms with Crippen molar-refractivity contribution in [3.63, 3.8) is 0 Å². The first kappa shape index (κ1) is 18.0. The second-order valence-corrected chi connectivity index (χ2v) is 7.05. The Morgan fingerprint density at radius 2 is 2.00 bits per heavy atom. The maximum atomic E-state index is 14.2. The number of benzene rings is 1. The summed E-state index contributed by atoms with van der Waals surface area (Å²) in [6.45, 7) is 3.70. The molecular weight excluding hydrogens is 377 g/mol. The van der Waals surface area contributed by atoms with Crippen LogP contribution >= 0.6 is 11.3 Å². The van der Waals surface area contributed by atoms with Gasteiger partial charge in [0.1, 0.15) is 22.9 Å². The number of carbonyl (C=O) groups is 1. The molecule has 0 aliphatic carbocycles. The summed E-state index contributed by atoms with van der Waals surface area (Å²) in [5.74, 6) is -0.871. The molecule has 8 heteroatoms. The van der Waals surface area contributed by atoms with Gasteiger partial charge >= 0.3 is 0 Å². The molecule has 0 spiro atoms. The number of carbonyl (C=O) groups excluding carboxylic acids is 1. The minimum absolute atomic E-state index is 0.213. The average Bonchev–Trinajstić information content (AvgIpc) is 3.29. The number of hydrogen-bond acceptors (Lipinski definition) is 5. The van der Waals surface area contributed by atoms with Crippen LogP contribution in [0.5, 0.6) is 0 Å². The number of thiazole rings is 1. The van der Waals surface area contributed by atoms with Crippen molar-refractivity contribution >= 4 is 22.4 Å². The van der Waals surface area contributed by atoms with Crippen molar-refractivity contribution in [3.05, 3.63) is 76.8 Å². The first-order chi connectivity index (χ1) is 13.5. The Morgan fingerprint density at radius 1 is 1.18 bits per heavy atom. The first-order valence-electron chi connectivity index (χ1n) is 8.53. The molecule has 3 heterocycles. The quantitative estimate of drug-likeness (QED) is 0.558. The number of aromatic nitrogens is 4. The van der Waals surface area contributed by atoms with Gasteiger partial charge in [0.25, 0.3) is 5.91 Å². The highest BCUT2D eigenvalue weighted by Gasteiger charge is 2.19. The van der Waals surface area contributed by atoms with E-state index in [0.717, 1.165) is 11.3 Å². The Hall–Kier alpha value is -3.39. The molecule has 0 radical (unpaired) electrons. The third-order valence-electron chi connectivity index (χ3n) is 4.12. The lowest BCUT2D eigenvalue weighted by atomic mass is 10.2. The maximum Gasteiger partial charge on any atom is 0.276 e. The van der Waals surface area contributed by atoms with Crippen LogP contribution < -0.4 is 5.32 Å². The summed E-state index contributed by atoms with van der Waals surface area (Å²) in [4.78, 5) is 21.6. The average molecular weight is 393 g/mol. The molecule has 4 aromatic rings. The molecule has 28 heavy (non-hydrogen) atoms. The standard InChI is InChI=1S/C20H16FN5OS/c1-12-6-5-9-22-18(12)15-11-28-20(23-15)24-19(27)17-10-13(2)25-26(17)16-8-4-3-7-14(16)21/h3-11H,1-2H3,(H,23,24,27). The molecule has 0 saturated heterocycles. The summed E-state index contributed by atoms with van der Waals surface area (Å²) in [6.07, 6.45) is 1.70. The van der Waals surface area contributed by atoms with Crippen molar-refractivity contribution in [3.8, 4) is 17.1 Å². The van der Waals surface area contributed by atoms with Gasteiger partial charge in [-0.25, -0.2) is 14.1 Å². The van der Waals surface area contributed by atoms with Crippen LogP contribution in [0.25, 0.3) is 17.1 Å². The Bertz CT molecular complexity index is 1170. The Kier molecular flexibility index (Phi) is 4.70. The van der Waals surface area contributed by atoms with Gasteiger partial charge in [-0.15, -0.1) is 11.3 Å². The predicted molar refractivity (Wildman–Crippen MR) is 106 cm³/mol. The number of anilines is 1. The molecule has 0 aliphatic rings. The topological polar surface area (TPSA) is 72.7 Å². The zero-order chi connectivity index (χ0) is 19.7. The Labute approximate surface area is 164 Å². The molecule has 0 saturated carbocycles. The molecule has 0 bridgehead atoms. The fourth-order valence-corrected chi connectivity index (χ4v) is 3.51. The SMILES string of the molecule is Cc1cc(C(=O)Nc2nc(-c3ncccc3C)cs2)n(-c2ccccc2F)n1. The lowest BCUT2D eigenvalue weighted by Crippen LogP contribution is -2.17. The van der Waals surface area contributed by atoms with Gasteiger partial charge in [0.15, 0.2) is 5.13 Å². The van der Waals surface area contributed by atoms with Crippen molar-refractivity contribution in [2.24, 2.45) is 0 Å². The molecule has 0 atom stereocenters. The minimum Gasteiger partial charge on any atom is -0.296 e. The zero-order valence-electron chi connectivity index (χ0n) is 15.2. The molecular formula is C20H16FN5OS. The molecule has 1 aromatic carbocycles. The zero-order valence-corrected chi connectivity index (χ0v) is 16.0. The van der Waals surface area contributed by atoms with Crippen molar-refractivity contribution in [1.29, 1.82) is 0 Å². The third kappa shape index (κ3) is 3.41. The van der Waals surface area contributed by atoms with Crippen molar-refractivity contribution in [2.45, 2.75) is 13.8 Å².